The Balaban J connectivity index is 1.69. The van der Waals surface area contributed by atoms with E-state index in [1.54, 1.807) is 0 Å². The Kier molecular flexibility index (Phi) is 4.14. The lowest BCUT2D eigenvalue weighted by Gasteiger charge is -2.14. The first-order valence-electron chi connectivity index (χ1n) is 6.55. The molecule has 1 atom stereocenters. The van der Waals surface area contributed by atoms with Gasteiger partial charge in [-0.2, -0.15) is 0 Å². The molecule has 0 saturated carbocycles. The summed E-state index contributed by atoms with van der Waals surface area (Å²) in [4.78, 5) is 1.34. The number of fused-ring (bicyclic) bond motifs is 1. The van der Waals surface area contributed by atoms with Gasteiger partial charge in [-0.1, -0.05) is 40.2 Å². The summed E-state index contributed by atoms with van der Waals surface area (Å²) in [6.45, 7) is 1.04. The van der Waals surface area contributed by atoms with Gasteiger partial charge in [0, 0.05) is 26.9 Å². The number of benzene rings is 2. The van der Waals surface area contributed by atoms with Gasteiger partial charge in [0.15, 0.2) is 0 Å². The number of hydrogen-bond acceptors (Lipinski definition) is 2. The molecule has 0 radical (unpaired) electrons. The van der Waals surface area contributed by atoms with Gasteiger partial charge in [-0.3, -0.25) is 0 Å². The van der Waals surface area contributed by atoms with Crippen molar-refractivity contribution in [3.05, 3.63) is 58.6 Å². The van der Waals surface area contributed by atoms with Gasteiger partial charge in [0.05, 0.1) is 0 Å². The molecule has 1 aliphatic rings. The summed E-state index contributed by atoms with van der Waals surface area (Å²) >= 11 is 5.51. The highest BCUT2D eigenvalue weighted by Gasteiger charge is 2.16. The molecule has 19 heavy (non-hydrogen) atoms. The highest BCUT2D eigenvalue weighted by atomic mass is 79.9. The molecule has 0 amide bonds. The number of para-hydroxylation sites is 1. The van der Waals surface area contributed by atoms with Crippen LogP contribution in [0.5, 0.6) is 0 Å². The molecule has 3 heteroatoms. The zero-order chi connectivity index (χ0) is 13.1. The topological polar surface area (TPSA) is 12.0 Å². The van der Waals surface area contributed by atoms with E-state index in [9.17, 15) is 0 Å². The van der Waals surface area contributed by atoms with E-state index >= 15 is 0 Å². The van der Waals surface area contributed by atoms with Crippen LogP contribution in [0.15, 0.2) is 57.9 Å². The van der Waals surface area contributed by atoms with Crippen LogP contribution in [-0.2, 0) is 6.42 Å². The summed E-state index contributed by atoms with van der Waals surface area (Å²) in [6.07, 6.45) is 2.38. The van der Waals surface area contributed by atoms with Crippen LogP contribution in [-0.4, -0.2) is 11.8 Å². The Morgan fingerprint density at radius 1 is 1.11 bits per heavy atom. The fraction of sp³-hybridized carbons (Fsp3) is 0.250. The molecule has 0 fully saturated rings. The molecule has 2 aromatic rings. The molecule has 0 aliphatic carbocycles. The van der Waals surface area contributed by atoms with Crippen LogP contribution in [0.25, 0.3) is 0 Å². The molecule has 0 bridgehead atoms. The summed E-state index contributed by atoms with van der Waals surface area (Å²) in [5.74, 6) is 0. The fourth-order valence-corrected chi connectivity index (χ4v) is 4.08. The van der Waals surface area contributed by atoms with Crippen molar-refractivity contribution in [2.45, 2.75) is 23.0 Å². The summed E-state index contributed by atoms with van der Waals surface area (Å²) in [5.41, 5.74) is 2.75. The zero-order valence-corrected chi connectivity index (χ0v) is 13.0. The van der Waals surface area contributed by atoms with Crippen LogP contribution in [0.3, 0.4) is 0 Å². The standard InChI is InChI=1S/C16H16BrNS/c17-13-5-3-6-14(10-13)19-15-9-8-12-4-1-2-7-16(12)18-11-15/h1-7,10,15,18H,8-9,11H2. The Labute approximate surface area is 126 Å². The Morgan fingerprint density at radius 3 is 2.89 bits per heavy atom. The molecule has 0 aromatic heterocycles. The van der Waals surface area contributed by atoms with Crippen molar-refractivity contribution in [1.29, 1.82) is 0 Å². The van der Waals surface area contributed by atoms with E-state index < -0.39 is 0 Å². The molecular formula is C16H16BrNS. The second kappa shape index (κ2) is 6.02. The van der Waals surface area contributed by atoms with Crippen molar-refractivity contribution in [2.75, 3.05) is 11.9 Å². The number of anilines is 1. The van der Waals surface area contributed by atoms with Gasteiger partial charge < -0.3 is 5.32 Å². The van der Waals surface area contributed by atoms with Crippen LogP contribution < -0.4 is 5.32 Å². The van der Waals surface area contributed by atoms with E-state index in [4.69, 9.17) is 0 Å². The van der Waals surface area contributed by atoms with Gasteiger partial charge >= 0.3 is 0 Å². The van der Waals surface area contributed by atoms with Crippen LogP contribution in [0.4, 0.5) is 5.69 Å². The smallest absolute Gasteiger partial charge is 0.0373 e. The average Bonchev–Trinajstić information content (AvgIpc) is 2.62. The van der Waals surface area contributed by atoms with Gasteiger partial charge in [0.25, 0.3) is 0 Å². The quantitative estimate of drug-likeness (QED) is 0.832. The number of thioether (sulfide) groups is 1. The first-order chi connectivity index (χ1) is 9.31. The maximum Gasteiger partial charge on any atom is 0.0373 e. The molecule has 1 heterocycles. The highest BCUT2D eigenvalue weighted by molar-refractivity contribution is 9.10. The zero-order valence-electron chi connectivity index (χ0n) is 10.6. The van der Waals surface area contributed by atoms with Gasteiger partial charge in [-0.25, -0.2) is 0 Å². The molecule has 0 saturated heterocycles. The molecular weight excluding hydrogens is 318 g/mol. The minimum absolute atomic E-state index is 0.627. The summed E-state index contributed by atoms with van der Waals surface area (Å²) in [5, 5.41) is 4.20. The van der Waals surface area contributed by atoms with E-state index in [-0.39, 0.29) is 0 Å². The Hall–Kier alpha value is -0.930. The number of aryl methyl sites for hydroxylation is 1. The predicted octanol–water partition coefficient (Wildman–Crippen LogP) is 4.97. The van der Waals surface area contributed by atoms with Crippen LogP contribution >= 0.6 is 27.7 Å². The molecule has 3 rings (SSSR count). The minimum atomic E-state index is 0.627. The second-order valence-corrected chi connectivity index (χ2v) is 7.06. The minimum Gasteiger partial charge on any atom is -0.384 e. The SMILES string of the molecule is Brc1cccc(SC2CCc3ccccc3NC2)c1. The van der Waals surface area contributed by atoms with Gasteiger partial charge in [-0.15, -0.1) is 11.8 Å². The summed E-state index contributed by atoms with van der Waals surface area (Å²) in [6, 6.07) is 17.2. The number of halogens is 1. The van der Waals surface area contributed by atoms with E-state index in [0.29, 0.717) is 5.25 Å². The highest BCUT2D eigenvalue weighted by Crippen LogP contribution is 2.31. The van der Waals surface area contributed by atoms with Crippen LogP contribution in [0.1, 0.15) is 12.0 Å². The maximum atomic E-state index is 3.58. The van der Waals surface area contributed by atoms with E-state index in [0.717, 1.165) is 17.4 Å². The summed E-state index contributed by atoms with van der Waals surface area (Å²) < 4.78 is 1.15. The van der Waals surface area contributed by atoms with E-state index in [1.807, 2.05) is 11.8 Å². The molecule has 1 unspecified atom stereocenters. The molecule has 1 nitrogen and oxygen atoms in total. The third-order valence-corrected chi connectivity index (χ3v) is 5.13. The molecule has 1 N–H and O–H groups in total. The molecule has 0 spiro atoms. The lowest BCUT2D eigenvalue weighted by atomic mass is 10.1. The van der Waals surface area contributed by atoms with Gasteiger partial charge in [0.1, 0.15) is 0 Å². The number of hydrogen-bond donors (Lipinski definition) is 1. The third kappa shape index (κ3) is 3.34. The van der Waals surface area contributed by atoms with Crippen molar-refractivity contribution >= 4 is 33.4 Å². The largest absolute Gasteiger partial charge is 0.384 e. The molecule has 2 aromatic carbocycles. The van der Waals surface area contributed by atoms with Crippen molar-refractivity contribution < 1.29 is 0 Å². The second-order valence-electron chi connectivity index (χ2n) is 4.77. The molecule has 98 valence electrons. The van der Waals surface area contributed by atoms with Crippen molar-refractivity contribution in [2.24, 2.45) is 0 Å². The maximum absolute atomic E-state index is 3.58. The lowest BCUT2D eigenvalue weighted by molar-refractivity contribution is 0.803. The van der Waals surface area contributed by atoms with Crippen molar-refractivity contribution in [3.63, 3.8) is 0 Å². The third-order valence-electron chi connectivity index (χ3n) is 3.37. The average molecular weight is 334 g/mol. The van der Waals surface area contributed by atoms with Crippen molar-refractivity contribution in [1.82, 2.24) is 0 Å². The normalized spacial score (nSPS) is 18.3. The Morgan fingerprint density at radius 2 is 2.00 bits per heavy atom. The summed E-state index contributed by atoms with van der Waals surface area (Å²) in [7, 11) is 0. The van der Waals surface area contributed by atoms with Crippen LogP contribution in [0.2, 0.25) is 0 Å². The number of nitrogens with one attached hydrogen (secondary N) is 1. The monoisotopic (exact) mass is 333 g/mol. The Bertz CT molecular complexity index is 543. The predicted molar refractivity (Wildman–Crippen MR) is 87.0 cm³/mol. The number of rotatable bonds is 2. The van der Waals surface area contributed by atoms with Gasteiger partial charge in [0.2, 0.25) is 0 Å². The van der Waals surface area contributed by atoms with Crippen molar-refractivity contribution in [3.8, 4) is 0 Å². The first kappa shape index (κ1) is 13.1. The fourth-order valence-electron chi connectivity index (χ4n) is 2.39. The van der Waals surface area contributed by atoms with E-state index in [1.165, 1.54) is 22.6 Å². The van der Waals surface area contributed by atoms with Gasteiger partial charge in [-0.05, 0) is 42.7 Å². The van der Waals surface area contributed by atoms with E-state index in [2.05, 4.69) is 69.8 Å². The van der Waals surface area contributed by atoms with Crippen LogP contribution in [0, 0.1) is 0 Å². The molecule has 1 aliphatic heterocycles. The first-order valence-corrected chi connectivity index (χ1v) is 8.22. The lowest BCUT2D eigenvalue weighted by Crippen LogP contribution is -2.14.